The van der Waals surface area contributed by atoms with Crippen LogP contribution in [-0.4, -0.2) is 21.0 Å². The molecule has 0 aliphatic carbocycles. The zero-order chi connectivity index (χ0) is 14.0. The van der Waals surface area contributed by atoms with Gasteiger partial charge in [0, 0.05) is 5.56 Å². The summed E-state index contributed by atoms with van der Waals surface area (Å²) in [5.74, 6) is -1.34. The lowest BCUT2D eigenvalue weighted by Crippen LogP contribution is -2.07. The van der Waals surface area contributed by atoms with Crippen LogP contribution in [0.1, 0.15) is 16.1 Å². The number of benzene rings is 1. The Morgan fingerprint density at radius 3 is 2.47 bits per heavy atom. The highest BCUT2D eigenvalue weighted by atomic mass is 16.6. The van der Waals surface area contributed by atoms with E-state index in [1.807, 2.05) is 6.07 Å². The normalized spacial score (nSPS) is 10.2. The molecular weight excluding hydrogens is 248 g/mol. The van der Waals surface area contributed by atoms with Crippen molar-refractivity contribution in [2.24, 2.45) is 0 Å². The Balaban J connectivity index is 2.68. The summed E-state index contributed by atoms with van der Waals surface area (Å²) in [4.78, 5) is 25.4. The number of aromatic nitrogens is 1. The van der Waals surface area contributed by atoms with Gasteiger partial charge >= 0.3 is 11.7 Å². The fourth-order valence-electron chi connectivity index (χ4n) is 1.82. The van der Waals surface area contributed by atoms with Gasteiger partial charge in [-0.15, -0.1) is 0 Å². The lowest BCUT2D eigenvalue weighted by Gasteiger charge is -2.06. The molecule has 0 unspecified atom stereocenters. The van der Waals surface area contributed by atoms with E-state index in [4.69, 9.17) is 5.11 Å². The molecule has 6 heteroatoms. The Hall–Kier alpha value is -2.76. The monoisotopic (exact) mass is 258 g/mol. The van der Waals surface area contributed by atoms with Gasteiger partial charge in [0.15, 0.2) is 0 Å². The van der Waals surface area contributed by atoms with Gasteiger partial charge in [-0.3, -0.25) is 10.1 Å². The van der Waals surface area contributed by atoms with E-state index in [2.05, 4.69) is 4.98 Å². The maximum Gasteiger partial charge on any atom is 0.342 e. The molecule has 0 bridgehead atoms. The largest absolute Gasteiger partial charge is 0.477 e. The van der Waals surface area contributed by atoms with E-state index in [1.165, 1.54) is 13.0 Å². The molecule has 0 atom stereocenters. The topological polar surface area (TPSA) is 93.3 Å². The molecule has 2 rings (SSSR count). The molecule has 96 valence electrons. The van der Waals surface area contributed by atoms with Crippen molar-refractivity contribution >= 4 is 11.7 Å². The summed E-state index contributed by atoms with van der Waals surface area (Å²) in [6.45, 7) is 1.43. The Bertz CT molecular complexity index is 653. The van der Waals surface area contributed by atoms with E-state index in [0.717, 1.165) is 0 Å². The molecular formula is C13H10N2O4. The first kappa shape index (κ1) is 12.7. The van der Waals surface area contributed by atoms with Gasteiger partial charge in [0.25, 0.3) is 0 Å². The highest BCUT2D eigenvalue weighted by Crippen LogP contribution is 2.27. The zero-order valence-electron chi connectivity index (χ0n) is 10.0. The fourth-order valence-corrected chi connectivity index (χ4v) is 1.82. The summed E-state index contributed by atoms with van der Waals surface area (Å²) >= 11 is 0. The van der Waals surface area contributed by atoms with Gasteiger partial charge in [-0.2, -0.15) is 0 Å². The van der Waals surface area contributed by atoms with Crippen molar-refractivity contribution in [2.75, 3.05) is 0 Å². The Labute approximate surface area is 108 Å². The number of hydrogen-bond donors (Lipinski definition) is 1. The summed E-state index contributed by atoms with van der Waals surface area (Å²) in [5, 5.41) is 20.0. The van der Waals surface area contributed by atoms with E-state index in [0.29, 0.717) is 11.3 Å². The van der Waals surface area contributed by atoms with E-state index in [-0.39, 0.29) is 11.3 Å². The summed E-state index contributed by atoms with van der Waals surface area (Å²) in [6.07, 6.45) is 0. The highest BCUT2D eigenvalue weighted by molar-refractivity contribution is 5.94. The molecule has 1 aromatic carbocycles. The van der Waals surface area contributed by atoms with Crippen LogP contribution in [0, 0.1) is 17.0 Å². The number of carboxylic acid groups (broad SMARTS) is 1. The second-order valence-corrected chi connectivity index (χ2v) is 3.92. The van der Waals surface area contributed by atoms with Gasteiger partial charge < -0.3 is 5.11 Å². The third kappa shape index (κ3) is 2.42. The van der Waals surface area contributed by atoms with Gasteiger partial charge in [-0.05, 0) is 13.0 Å². The molecule has 1 aromatic heterocycles. The van der Waals surface area contributed by atoms with Crippen LogP contribution in [0.4, 0.5) is 5.69 Å². The van der Waals surface area contributed by atoms with Crippen LogP contribution in [0.2, 0.25) is 0 Å². The van der Waals surface area contributed by atoms with Crippen molar-refractivity contribution in [1.29, 1.82) is 0 Å². The van der Waals surface area contributed by atoms with Crippen molar-refractivity contribution in [3.8, 4) is 11.3 Å². The average Bonchev–Trinajstić information content (AvgIpc) is 2.38. The van der Waals surface area contributed by atoms with Crippen LogP contribution in [0.25, 0.3) is 11.3 Å². The van der Waals surface area contributed by atoms with Crippen LogP contribution in [0.15, 0.2) is 36.4 Å². The van der Waals surface area contributed by atoms with Gasteiger partial charge in [0.2, 0.25) is 0 Å². The number of nitrogens with zero attached hydrogens (tertiary/aromatic N) is 2. The molecule has 1 heterocycles. The minimum atomic E-state index is -1.34. The maximum absolute atomic E-state index is 11.1. The number of pyridine rings is 1. The summed E-state index contributed by atoms with van der Waals surface area (Å²) in [6, 6.07) is 10.1. The van der Waals surface area contributed by atoms with Crippen molar-refractivity contribution in [2.45, 2.75) is 6.92 Å². The minimum Gasteiger partial charge on any atom is -0.477 e. The van der Waals surface area contributed by atoms with Crippen LogP contribution in [0.3, 0.4) is 0 Å². The van der Waals surface area contributed by atoms with E-state index < -0.39 is 16.6 Å². The smallest absolute Gasteiger partial charge is 0.342 e. The number of carboxylic acids is 1. The third-order valence-corrected chi connectivity index (χ3v) is 2.65. The second-order valence-electron chi connectivity index (χ2n) is 3.92. The highest BCUT2D eigenvalue weighted by Gasteiger charge is 2.25. The molecule has 0 saturated carbocycles. The number of aryl methyl sites for hydroxylation is 1. The van der Waals surface area contributed by atoms with Crippen molar-refractivity contribution in [1.82, 2.24) is 4.98 Å². The van der Waals surface area contributed by atoms with Gasteiger partial charge in [-0.1, -0.05) is 30.3 Å². The molecule has 0 aliphatic rings. The minimum absolute atomic E-state index is 0.0868. The lowest BCUT2D eigenvalue weighted by atomic mass is 10.1. The first-order valence-corrected chi connectivity index (χ1v) is 5.45. The SMILES string of the molecule is Cc1nc(-c2ccccc2)cc(C(=O)O)c1[N+](=O)[O-]. The molecule has 0 spiro atoms. The maximum atomic E-state index is 11.1. The van der Waals surface area contributed by atoms with Crippen molar-refractivity contribution < 1.29 is 14.8 Å². The standard InChI is InChI=1S/C13H10N2O4/c1-8-12(15(18)19)10(13(16)17)7-11(14-8)9-5-3-2-4-6-9/h2-7H,1H3,(H,16,17). The van der Waals surface area contributed by atoms with Crippen LogP contribution in [0.5, 0.6) is 0 Å². The molecule has 1 N–H and O–H groups in total. The first-order chi connectivity index (χ1) is 9.00. The number of rotatable bonds is 3. The lowest BCUT2D eigenvalue weighted by molar-refractivity contribution is -0.386. The van der Waals surface area contributed by atoms with Crippen LogP contribution >= 0.6 is 0 Å². The Morgan fingerprint density at radius 2 is 1.95 bits per heavy atom. The molecule has 2 aromatic rings. The Morgan fingerprint density at radius 1 is 1.32 bits per heavy atom. The summed E-state index contributed by atoms with van der Waals surface area (Å²) < 4.78 is 0. The first-order valence-electron chi connectivity index (χ1n) is 5.45. The molecule has 0 saturated heterocycles. The fraction of sp³-hybridized carbons (Fsp3) is 0.0769. The van der Waals surface area contributed by atoms with Crippen LogP contribution in [-0.2, 0) is 0 Å². The average molecular weight is 258 g/mol. The molecule has 19 heavy (non-hydrogen) atoms. The number of carbonyl (C=O) groups is 1. The van der Waals surface area contributed by atoms with Crippen LogP contribution < -0.4 is 0 Å². The predicted octanol–water partition coefficient (Wildman–Crippen LogP) is 2.66. The van der Waals surface area contributed by atoms with E-state index in [1.54, 1.807) is 24.3 Å². The Kier molecular flexibility index (Phi) is 3.24. The van der Waals surface area contributed by atoms with Crippen molar-refractivity contribution in [3.63, 3.8) is 0 Å². The number of nitro groups is 1. The van der Waals surface area contributed by atoms with E-state index in [9.17, 15) is 14.9 Å². The van der Waals surface area contributed by atoms with Gasteiger partial charge in [0.05, 0.1) is 10.6 Å². The molecule has 0 aliphatic heterocycles. The number of aromatic carboxylic acids is 1. The molecule has 6 nitrogen and oxygen atoms in total. The predicted molar refractivity (Wildman–Crippen MR) is 68.0 cm³/mol. The summed E-state index contributed by atoms with van der Waals surface area (Å²) in [5.41, 5.74) is 0.386. The summed E-state index contributed by atoms with van der Waals surface area (Å²) in [7, 11) is 0. The van der Waals surface area contributed by atoms with E-state index >= 15 is 0 Å². The number of hydrogen-bond acceptors (Lipinski definition) is 4. The zero-order valence-corrected chi connectivity index (χ0v) is 10.0. The van der Waals surface area contributed by atoms with Crippen molar-refractivity contribution in [3.05, 3.63) is 57.8 Å². The molecule has 0 fully saturated rings. The van der Waals surface area contributed by atoms with Gasteiger partial charge in [0.1, 0.15) is 11.3 Å². The second kappa shape index (κ2) is 4.85. The molecule has 0 amide bonds. The third-order valence-electron chi connectivity index (χ3n) is 2.65. The van der Waals surface area contributed by atoms with Gasteiger partial charge in [-0.25, -0.2) is 9.78 Å². The quantitative estimate of drug-likeness (QED) is 0.674. The molecule has 0 radical (unpaired) electrons.